The molecule has 0 aliphatic heterocycles. The Morgan fingerprint density at radius 3 is 2.45 bits per heavy atom. The zero-order chi connectivity index (χ0) is 8.91. The molecular formula is C8H18N2O. The van der Waals surface area contributed by atoms with Crippen molar-refractivity contribution in [3.63, 3.8) is 0 Å². The molecule has 3 nitrogen and oxygen atoms in total. The third-order valence-corrected chi connectivity index (χ3v) is 1.87. The Morgan fingerprint density at radius 1 is 1.55 bits per heavy atom. The summed E-state index contributed by atoms with van der Waals surface area (Å²) < 4.78 is 0. The fourth-order valence-corrected chi connectivity index (χ4v) is 0.690. The van der Waals surface area contributed by atoms with E-state index in [1.807, 2.05) is 20.8 Å². The quantitative estimate of drug-likeness (QED) is 0.371. The average molecular weight is 158 g/mol. The van der Waals surface area contributed by atoms with Crippen molar-refractivity contribution in [1.82, 2.24) is 5.32 Å². The summed E-state index contributed by atoms with van der Waals surface area (Å²) in [6.07, 6.45) is 1.09. The van der Waals surface area contributed by atoms with Crippen LogP contribution in [0, 0.1) is 0 Å². The van der Waals surface area contributed by atoms with E-state index < -0.39 is 0 Å². The predicted octanol–water partition coefficient (Wildman–Crippen LogP) is 1.61. The molecular weight excluding hydrogens is 140 g/mol. The van der Waals surface area contributed by atoms with Crippen molar-refractivity contribution in [3.05, 3.63) is 0 Å². The molecule has 0 spiro atoms. The molecule has 0 aromatic rings. The maximum Gasteiger partial charge on any atom is 0.0734 e. The lowest BCUT2D eigenvalue weighted by atomic mass is 10.00. The van der Waals surface area contributed by atoms with E-state index in [1.54, 1.807) is 0 Å². The lowest BCUT2D eigenvalue weighted by molar-refractivity contribution is 0.310. The van der Waals surface area contributed by atoms with Gasteiger partial charge in [0.15, 0.2) is 0 Å². The summed E-state index contributed by atoms with van der Waals surface area (Å²) >= 11 is 0. The minimum Gasteiger partial charge on any atom is -0.411 e. The molecule has 3 heteroatoms. The Hall–Kier alpha value is -0.570. The zero-order valence-electron chi connectivity index (χ0n) is 7.81. The van der Waals surface area contributed by atoms with Crippen molar-refractivity contribution in [2.45, 2.75) is 39.7 Å². The van der Waals surface area contributed by atoms with Crippen LogP contribution in [0.2, 0.25) is 0 Å². The molecule has 66 valence electrons. The molecule has 0 atom stereocenters. The van der Waals surface area contributed by atoms with E-state index in [9.17, 15) is 0 Å². The monoisotopic (exact) mass is 158 g/mol. The normalized spacial score (nSPS) is 13.6. The van der Waals surface area contributed by atoms with E-state index in [0.717, 1.165) is 13.0 Å². The highest BCUT2D eigenvalue weighted by Gasteiger charge is 2.20. The van der Waals surface area contributed by atoms with Crippen LogP contribution in [0.15, 0.2) is 5.16 Å². The molecule has 0 rings (SSSR count). The maximum absolute atomic E-state index is 8.52. The summed E-state index contributed by atoms with van der Waals surface area (Å²) in [5, 5.41) is 15.0. The smallest absolute Gasteiger partial charge is 0.0734 e. The van der Waals surface area contributed by atoms with Crippen molar-refractivity contribution in [1.29, 1.82) is 0 Å². The van der Waals surface area contributed by atoms with E-state index in [2.05, 4.69) is 17.4 Å². The summed E-state index contributed by atoms with van der Waals surface area (Å²) in [4.78, 5) is 0. The van der Waals surface area contributed by atoms with E-state index in [1.165, 1.54) is 0 Å². The molecule has 0 bridgehead atoms. The first-order chi connectivity index (χ1) is 5.04. The van der Waals surface area contributed by atoms with Crippen LogP contribution in [0.3, 0.4) is 0 Å². The van der Waals surface area contributed by atoms with Gasteiger partial charge in [0.1, 0.15) is 0 Å². The van der Waals surface area contributed by atoms with Crippen LogP contribution in [0.5, 0.6) is 0 Å². The molecule has 11 heavy (non-hydrogen) atoms. The zero-order valence-corrected chi connectivity index (χ0v) is 7.81. The fraction of sp³-hybridized carbons (Fsp3) is 0.875. The van der Waals surface area contributed by atoms with Gasteiger partial charge in [-0.15, -0.1) is 0 Å². The van der Waals surface area contributed by atoms with Gasteiger partial charge in [0.05, 0.1) is 11.3 Å². The van der Waals surface area contributed by atoms with E-state index in [-0.39, 0.29) is 5.54 Å². The van der Waals surface area contributed by atoms with E-state index >= 15 is 0 Å². The third-order valence-electron chi connectivity index (χ3n) is 1.87. The molecule has 2 N–H and O–H groups in total. The van der Waals surface area contributed by atoms with Gasteiger partial charge >= 0.3 is 0 Å². The number of hydrogen-bond acceptors (Lipinski definition) is 3. The fourth-order valence-electron chi connectivity index (χ4n) is 0.690. The molecule has 0 aromatic carbocycles. The SMILES string of the molecule is CCCNC(C)(C)/C(C)=N/O. The van der Waals surface area contributed by atoms with Crippen molar-refractivity contribution in [3.8, 4) is 0 Å². The number of nitrogens with one attached hydrogen (secondary N) is 1. The first-order valence-electron chi connectivity index (χ1n) is 3.98. The lowest BCUT2D eigenvalue weighted by Crippen LogP contribution is -2.45. The minimum absolute atomic E-state index is 0.190. The molecule has 0 aromatic heterocycles. The molecule has 0 aliphatic carbocycles. The Bertz CT molecular complexity index is 141. The van der Waals surface area contributed by atoms with Gasteiger partial charge in [0.25, 0.3) is 0 Å². The van der Waals surface area contributed by atoms with Crippen LogP contribution in [-0.4, -0.2) is 23.0 Å². The highest BCUT2D eigenvalue weighted by molar-refractivity contribution is 5.90. The number of hydrogen-bond donors (Lipinski definition) is 2. The summed E-state index contributed by atoms with van der Waals surface area (Å²) in [6, 6.07) is 0. The van der Waals surface area contributed by atoms with Crippen LogP contribution >= 0.6 is 0 Å². The number of oxime groups is 1. The van der Waals surface area contributed by atoms with Gasteiger partial charge in [-0.2, -0.15) is 0 Å². The van der Waals surface area contributed by atoms with Gasteiger partial charge in [-0.25, -0.2) is 0 Å². The van der Waals surface area contributed by atoms with Crippen LogP contribution in [0.1, 0.15) is 34.1 Å². The van der Waals surface area contributed by atoms with Gasteiger partial charge < -0.3 is 10.5 Å². The van der Waals surface area contributed by atoms with Crippen LogP contribution in [-0.2, 0) is 0 Å². The summed E-state index contributed by atoms with van der Waals surface area (Å²) in [6.45, 7) is 8.85. The van der Waals surface area contributed by atoms with Crippen molar-refractivity contribution < 1.29 is 5.21 Å². The van der Waals surface area contributed by atoms with Gasteiger partial charge in [0, 0.05) is 0 Å². The largest absolute Gasteiger partial charge is 0.411 e. The maximum atomic E-state index is 8.52. The second kappa shape index (κ2) is 4.34. The van der Waals surface area contributed by atoms with Crippen molar-refractivity contribution in [2.24, 2.45) is 5.16 Å². The Labute approximate surface area is 68.5 Å². The average Bonchev–Trinajstić information content (AvgIpc) is 1.99. The molecule has 0 saturated carbocycles. The van der Waals surface area contributed by atoms with Gasteiger partial charge in [-0.3, -0.25) is 0 Å². The van der Waals surface area contributed by atoms with Crippen LogP contribution in [0.4, 0.5) is 0 Å². The molecule has 0 fully saturated rings. The topological polar surface area (TPSA) is 44.6 Å². The lowest BCUT2D eigenvalue weighted by Gasteiger charge is -2.24. The van der Waals surface area contributed by atoms with Gasteiger partial charge in [0.2, 0.25) is 0 Å². The Kier molecular flexibility index (Phi) is 4.11. The standard InChI is InChI=1S/C8H18N2O/c1-5-6-9-8(3,4)7(2)10-11/h9,11H,5-6H2,1-4H3/b10-7+. The Morgan fingerprint density at radius 2 is 2.09 bits per heavy atom. The predicted molar refractivity (Wildman–Crippen MR) is 47.3 cm³/mol. The summed E-state index contributed by atoms with van der Waals surface area (Å²) in [5.41, 5.74) is 0.524. The van der Waals surface area contributed by atoms with Crippen molar-refractivity contribution in [2.75, 3.05) is 6.54 Å². The number of nitrogens with zero attached hydrogens (tertiary/aromatic N) is 1. The first kappa shape index (κ1) is 10.4. The van der Waals surface area contributed by atoms with E-state index in [4.69, 9.17) is 5.21 Å². The van der Waals surface area contributed by atoms with Crippen LogP contribution in [0.25, 0.3) is 0 Å². The second-order valence-electron chi connectivity index (χ2n) is 3.24. The first-order valence-corrected chi connectivity index (χ1v) is 3.98. The summed E-state index contributed by atoms with van der Waals surface area (Å²) in [7, 11) is 0. The number of rotatable bonds is 4. The minimum atomic E-state index is -0.190. The van der Waals surface area contributed by atoms with Crippen LogP contribution < -0.4 is 5.32 Å². The highest BCUT2D eigenvalue weighted by Crippen LogP contribution is 2.04. The van der Waals surface area contributed by atoms with Crippen molar-refractivity contribution >= 4 is 5.71 Å². The molecule has 0 heterocycles. The molecule has 0 aliphatic rings. The van der Waals surface area contributed by atoms with Gasteiger partial charge in [-0.05, 0) is 33.7 Å². The Balaban J connectivity index is 3.99. The highest BCUT2D eigenvalue weighted by atomic mass is 16.4. The molecule has 0 radical (unpaired) electrons. The summed E-state index contributed by atoms with van der Waals surface area (Å²) in [5.74, 6) is 0. The molecule has 0 unspecified atom stereocenters. The third kappa shape index (κ3) is 3.37. The van der Waals surface area contributed by atoms with Gasteiger partial charge in [-0.1, -0.05) is 12.1 Å². The second-order valence-corrected chi connectivity index (χ2v) is 3.24. The molecule has 0 amide bonds. The van der Waals surface area contributed by atoms with E-state index in [0.29, 0.717) is 5.71 Å². The molecule has 0 saturated heterocycles.